The van der Waals surface area contributed by atoms with Crippen LogP contribution < -0.4 is 5.73 Å². The lowest BCUT2D eigenvalue weighted by Gasteiger charge is -2.14. The Morgan fingerprint density at radius 1 is 1.54 bits per heavy atom. The molecule has 13 heavy (non-hydrogen) atoms. The first-order valence-corrected chi connectivity index (χ1v) is 4.60. The van der Waals surface area contributed by atoms with E-state index in [2.05, 4.69) is 0 Å². The lowest BCUT2D eigenvalue weighted by Crippen LogP contribution is -2.11. The summed E-state index contributed by atoms with van der Waals surface area (Å²) < 4.78 is 13.1. The van der Waals surface area contributed by atoms with E-state index >= 15 is 0 Å². The van der Waals surface area contributed by atoms with Gasteiger partial charge in [0.1, 0.15) is 5.82 Å². The average Bonchev–Trinajstić information content (AvgIpc) is 2.12. The molecule has 0 spiro atoms. The van der Waals surface area contributed by atoms with E-state index in [0.29, 0.717) is 6.54 Å². The molecule has 2 N–H and O–H groups in total. The fourth-order valence-electron chi connectivity index (χ4n) is 1.39. The minimum atomic E-state index is -0.373. The predicted octanol–water partition coefficient (Wildman–Crippen LogP) is 2.85. The highest BCUT2D eigenvalue weighted by molar-refractivity contribution is 6.31. The molecule has 1 aromatic carbocycles. The molecule has 0 aliphatic rings. The van der Waals surface area contributed by atoms with Crippen molar-refractivity contribution in [1.29, 1.82) is 0 Å². The molecule has 0 saturated carbocycles. The Morgan fingerprint density at radius 3 is 2.69 bits per heavy atom. The van der Waals surface area contributed by atoms with Crippen molar-refractivity contribution < 1.29 is 4.39 Å². The van der Waals surface area contributed by atoms with Crippen LogP contribution in [0, 0.1) is 12.7 Å². The fraction of sp³-hybridized carbons (Fsp3) is 0.400. The van der Waals surface area contributed by atoms with Crippen molar-refractivity contribution in [3.8, 4) is 0 Å². The van der Waals surface area contributed by atoms with Crippen LogP contribution >= 0.6 is 11.6 Å². The minimum Gasteiger partial charge on any atom is -0.330 e. The van der Waals surface area contributed by atoms with Gasteiger partial charge in [-0.05, 0) is 36.6 Å². The number of halogens is 2. The minimum absolute atomic E-state index is 0.100. The summed E-state index contributed by atoms with van der Waals surface area (Å²) in [6.45, 7) is 4.32. The van der Waals surface area contributed by atoms with Crippen LogP contribution in [0.3, 0.4) is 0 Å². The molecule has 0 radical (unpaired) electrons. The van der Waals surface area contributed by atoms with Crippen LogP contribution in [-0.2, 0) is 0 Å². The summed E-state index contributed by atoms with van der Waals surface area (Å²) in [7, 11) is 0. The Kier molecular flexibility index (Phi) is 3.28. The SMILES string of the molecule is Cc1ccc(F)c(Cl)c1C(C)CN. The van der Waals surface area contributed by atoms with Gasteiger partial charge in [0.2, 0.25) is 0 Å². The van der Waals surface area contributed by atoms with Crippen molar-refractivity contribution >= 4 is 11.6 Å². The van der Waals surface area contributed by atoms with Crippen molar-refractivity contribution in [1.82, 2.24) is 0 Å². The molecule has 0 heterocycles. The molecule has 0 amide bonds. The van der Waals surface area contributed by atoms with Gasteiger partial charge in [0.25, 0.3) is 0 Å². The molecular weight excluding hydrogens is 189 g/mol. The molecule has 3 heteroatoms. The summed E-state index contributed by atoms with van der Waals surface area (Å²) in [4.78, 5) is 0. The average molecular weight is 202 g/mol. The highest BCUT2D eigenvalue weighted by Crippen LogP contribution is 2.29. The normalized spacial score (nSPS) is 13.0. The van der Waals surface area contributed by atoms with Crippen LogP contribution in [0.2, 0.25) is 5.02 Å². The Balaban J connectivity index is 3.25. The smallest absolute Gasteiger partial charge is 0.142 e. The topological polar surface area (TPSA) is 26.0 Å². The third-order valence-electron chi connectivity index (χ3n) is 2.20. The van der Waals surface area contributed by atoms with Crippen LogP contribution in [0.1, 0.15) is 24.0 Å². The fourth-order valence-corrected chi connectivity index (χ4v) is 1.78. The summed E-state index contributed by atoms with van der Waals surface area (Å²) in [5, 5.41) is 0.206. The number of rotatable bonds is 2. The monoisotopic (exact) mass is 201 g/mol. The van der Waals surface area contributed by atoms with Crippen molar-refractivity contribution in [3.05, 3.63) is 34.1 Å². The zero-order chi connectivity index (χ0) is 10.0. The lowest BCUT2D eigenvalue weighted by atomic mass is 9.96. The van der Waals surface area contributed by atoms with Crippen LogP contribution in [0.15, 0.2) is 12.1 Å². The van der Waals surface area contributed by atoms with Crippen molar-refractivity contribution in [3.63, 3.8) is 0 Å². The number of benzene rings is 1. The Morgan fingerprint density at radius 2 is 2.15 bits per heavy atom. The van der Waals surface area contributed by atoms with Gasteiger partial charge in [-0.3, -0.25) is 0 Å². The maximum Gasteiger partial charge on any atom is 0.142 e. The number of hydrogen-bond acceptors (Lipinski definition) is 1. The zero-order valence-corrected chi connectivity index (χ0v) is 8.53. The molecule has 72 valence electrons. The molecule has 1 rings (SSSR count). The third-order valence-corrected chi connectivity index (χ3v) is 2.58. The van der Waals surface area contributed by atoms with Gasteiger partial charge in [0, 0.05) is 0 Å². The molecule has 1 unspecified atom stereocenters. The second-order valence-electron chi connectivity index (χ2n) is 3.23. The number of nitrogens with two attached hydrogens (primary N) is 1. The van der Waals surface area contributed by atoms with E-state index in [0.717, 1.165) is 11.1 Å². The zero-order valence-electron chi connectivity index (χ0n) is 7.77. The molecule has 0 saturated heterocycles. The Hall–Kier alpha value is -0.600. The molecular formula is C10H13ClFN. The standard InChI is InChI=1S/C10H13ClFN/c1-6-3-4-8(12)10(11)9(6)7(2)5-13/h3-4,7H,5,13H2,1-2H3. The summed E-state index contributed by atoms with van der Waals surface area (Å²) in [6, 6.07) is 3.10. The van der Waals surface area contributed by atoms with Crippen molar-refractivity contribution in [2.45, 2.75) is 19.8 Å². The molecule has 0 aliphatic carbocycles. The molecule has 1 nitrogen and oxygen atoms in total. The molecule has 0 aromatic heterocycles. The van der Waals surface area contributed by atoms with E-state index in [4.69, 9.17) is 17.3 Å². The first-order chi connectivity index (χ1) is 6.07. The van der Waals surface area contributed by atoms with Gasteiger partial charge in [0.05, 0.1) is 5.02 Å². The van der Waals surface area contributed by atoms with E-state index in [9.17, 15) is 4.39 Å². The molecule has 1 atom stereocenters. The van der Waals surface area contributed by atoms with E-state index in [1.54, 1.807) is 6.07 Å². The highest BCUT2D eigenvalue weighted by atomic mass is 35.5. The number of hydrogen-bond donors (Lipinski definition) is 1. The summed E-state index contributed by atoms with van der Waals surface area (Å²) in [6.07, 6.45) is 0. The second-order valence-corrected chi connectivity index (χ2v) is 3.61. The van der Waals surface area contributed by atoms with Gasteiger partial charge in [0.15, 0.2) is 0 Å². The molecule has 0 aliphatic heterocycles. The second kappa shape index (κ2) is 4.07. The number of aryl methyl sites for hydroxylation is 1. The molecule has 1 aromatic rings. The van der Waals surface area contributed by atoms with E-state index in [-0.39, 0.29) is 16.8 Å². The highest BCUT2D eigenvalue weighted by Gasteiger charge is 2.14. The van der Waals surface area contributed by atoms with E-state index in [1.807, 2.05) is 13.8 Å². The van der Waals surface area contributed by atoms with E-state index < -0.39 is 0 Å². The summed E-state index contributed by atoms with van der Waals surface area (Å²) in [5.41, 5.74) is 7.32. The van der Waals surface area contributed by atoms with Gasteiger partial charge < -0.3 is 5.73 Å². The van der Waals surface area contributed by atoms with Gasteiger partial charge in [-0.2, -0.15) is 0 Å². The van der Waals surface area contributed by atoms with Crippen LogP contribution in [0.5, 0.6) is 0 Å². The van der Waals surface area contributed by atoms with Crippen molar-refractivity contribution in [2.75, 3.05) is 6.54 Å². The first kappa shape index (κ1) is 10.5. The van der Waals surface area contributed by atoms with Gasteiger partial charge >= 0.3 is 0 Å². The first-order valence-electron chi connectivity index (χ1n) is 4.22. The van der Waals surface area contributed by atoms with Gasteiger partial charge in [-0.1, -0.05) is 24.6 Å². The predicted molar refractivity (Wildman–Crippen MR) is 53.6 cm³/mol. The third kappa shape index (κ3) is 2.01. The Labute approximate surface area is 82.7 Å². The van der Waals surface area contributed by atoms with Crippen LogP contribution in [0.25, 0.3) is 0 Å². The summed E-state index contributed by atoms with van der Waals surface area (Å²) in [5.74, 6) is -0.272. The molecule has 0 fully saturated rings. The molecule has 0 bridgehead atoms. The van der Waals surface area contributed by atoms with Crippen LogP contribution in [0.4, 0.5) is 4.39 Å². The maximum atomic E-state index is 13.1. The largest absolute Gasteiger partial charge is 0.330 e. The van der Waals surface area contributed by atoms with Gasteiger partial charge in [-0.25, -0.2) is 4.39 Å². The van der Waals surface area contributed by atoms with Gasteiger partial charge in [-0.15, -0.1) is 0 Å². The van der Waals surface area contributed by atoms with E-state index in [1.165, 1.54) is 6.07 Å². The maximum absolute atomic E-state index is 13.1. The summed E-state index contributed by atoms with van der Waals surface area (Å²) >= 11 is 5.84. The van der Waals surface area contributed by atoms with Crippen molar-refractivity contribution in [2.24, 2.45) is 5.73 Å². The lowest BCUT2D eigenvalue weighted by molar-refractivity contribution is 0.621. The quantitative estimate of drug-likeness (QED) is 0.783. The van der Waals surface area contributed by atoms with Crippen LogP contribution in [-0.4, -0.2) is 6.54 Å². The Bertz CT molecular complexity index is 312.